The number of aryl methyl sites for hydroxylation is 2. The summed E-state index contributed by atoms with van der Waals surface area (Å²) in [6.07, 6.45) is 0. The summed E-state index contributed by atoms with van der Waals surface area (Å²) < 4.78 is 5.33. The van der Waals surface area contributed by atoms with Crippen molar-refractivity contribution < 1.29 is 9.32 Å². The van der Waals surface area contributed by atoms with E-state index in [0.29, 0.717) is 17.3 Å². The molecule has 0 fully saturated rings. The summed E-state index contributed by atoms with van der Waals surface area (Å²) in [5, 5.41) is 10.1. The quantitative estimate of drug-likeness (QED) is 0.629. The van der Waals surface area contributed by atoms with Gasteiger partial charge in [0.05, 0.1) is 17.3 Å². The Hall–Kier alpha value is -3.43. The van der Waals surface area contributed by atoms with E-state index in [1.807, 2.05) is 71.0 Å². The molecule has 0 bridgehead atoms. The lowest BCUT2D eigenvalue weighted by atomic mass is 10.0. The van der Waals surface area contributed by atoms with Gasteiger partial charge in [0.15, 0.2) is 0 Å². The molecule has 0 saturated carbocycles. The lowest BCUT2D eigenvalue weighted by molar-refractivity contribution is -0.117. The van der Waals surface area contributed by atoms with Crippen molar-refractivity contribution in [1.82, 2.24) is 15.5 Å². The van der Waals surface area contributed by atoms with E-state index in [1.165, 1.54) is 0 Å². The molecule has 0 spiro atoms. The van der Waals surface area contributed by atoms with Crippen molar-refractivity contribution in [2.45, 2.75) is 46.7 Å². The Labute approximate surface area is 177 Å². The predicted molar refractivity (Wildman–Crippen MR) is 118 cm³/mol. The maximum Gasteiger partial charge on any atom is 0.242 e. The van der Waals surface area contributed by atoms with Gasteiger partial charge in [-0.3, -0.25) is 4.79 Å². The van der Waals surface area contributed by atoms with Crippen LogP contribution in [0.4, 0.5) is 5.82 Å². The number of carbonyl (C=O) groups excluding carboxylic acids is 1. The van der Waals surface area contributed by atoms with Crippen LogP contribution in [-0.2, 0) is 4.79 Å². The summed E-state index contributed by atoms with van der Waals surface area (Å²) in [4.78, 5) is 17.1. The zero-order valence-corrected chi connectivity index (χ0v) is 17.9. The van der Waals surface area contributed by atoms with Crippen molar-refractivity contribution in [3.8, 4) is 23.0 Å². The third-order valence-electron chi connectivity index (χ3n) is 4.52. The molecule has 3 rings (SSSR count). The van der Waals surface area contributed by atoms with Crippen LogP contribution in [0.3, 0.4) is 0 Å². The van der Waals surface area contributed by atoms with Crippen molar-refractivity contribution in [3.63, 3.8) is 0 Å². The van der Waals surface area contributed by atoms with Gasteiger partial charge in [0.25, 0.3) is 0 Å². The van der Waals surface area contributed by atoms with E-state index in [1.54, 1.807) is 6.07 Å². The topological polar surface area (TPSA) is 80.0 Å². The SMILES string of the molecule is Cc1noc(C)c1-c1ccc(NC(=O)C(C)NC(C)C)nc1C#Cc1ccccc1. The molecule has 0 aliphatic carbocycles. The third-order valence-corrected chi connectivity index (χ3v) is 4.52. The van der Waals surface area contributed by atoms with E-state index in [9.17, 15) is 4.79 Å². The average molecular weight is 402 g/mol. The number of hydrogen-bond donors (Lipinski definition) is 2. The van der Waals surface area contributed by atoms with Crippen LogP contribution in [0, 0.1) is 25.7 Å². The molecular formula is C24H26N4O2. The summed E-state index contributed by atoms with van der Waals surface area (Å²) >= 11 is 0. The molecule has 0 aliphatic heterocycles. The minimum atomic E-state index is -0.340. The van der Waals surface area contributed by atoms with Gasteiger partial charge >= 0.3 is 0 Å². The van der Waals surface area contributed by atoms with Gasteiger partial charge in [-0.15, -0.1) is 0 Å². The number of amides is 1. The molecular weight excluding hydrogens is 376 g/mol. The second-order valence-corrected chi connectivity index (χ2v) is 7.44. The molecule has 154 valence electrons. The Balaban J connectivity index is 1.99. The van der Waals surface area contributed by atoms with Crippen LogP contribution in [0.5, 0.6) is 0 Å². The Kier molecular flexibility index (Phi) is 6.65. The molecule has 6 heteroatoms. The summed E-state index contributed by atoms with van der Waals surface area (Å²) in [5.41, 5.74) is 3.89. The summed E-state index contributed by atoms with van der Waals surface area (Å²) in [6.45, 7) is 9.56. The average Bonchev–Trinajstić information content (AvgIpc) is 3.05. The first-order chi connectivity index (χ1) is 14.3. The van der Waals surface area contributed by atoms with Crippen molar-refractivity contribution >= 4 is 11.7 Å². The molecule has 2 heterocycles. The van der Waals surface area contributed by atoms with Gasteiger partial charge in [0.1, 0.15) is 17.3 Å². The van der Waals surface area contributed by atoms with Gasteiger partial charge in [-0.2, -0.15) is 0 Å². The second kappa shape index (κ2) is 9.38. The largest absolute Gasteiger partial charge is 0.361 e. The van der Waals surface area contributed by atoms with Crippen LogP contribution in [0.2, 0.25) is 0 Å². The highest BCUT2D eigenvalue weighted by Gasteiger charge is 2.18. The number of hydrogen-bond acceptors (Lipinski definition) is 5. The molecule has 0 radical (unpaired) electrons. The van der Waals surface area contributed by atoms with Gasteiger partial charge in [0, 0.05) is 17.2 Å². The lowest BCUT2D eigenvalue weighted by Gasteiger charge is -2.16. The van der Waals surface area contributed by atoms with Crippen molar-refractivity contribution in [1.29, 1.82) is 0 Å². The van der Waals surface area contributed by atoms with E-state index >= 15 is 0 Å². The first kappa shape index (κ1) is 21.3. The predicted octanol–water partition coefficient (Wildman–Crippen LogP) is 4.08. The van der Waals surface area contributed by atoms with E-state index in [4.69, 9.17) is 4.52 Å². The van der Waals surface area contributed by atoms with Crippen LogP contribution in [0.1, 0.15) is 43.5 Å². The van der Waals surface area contributed by atoms with Crippen LogP contribution >= 0.6 is 0 Å². The molecule has 0 saturated heterocycles. The molecule has 30 heavy (non-hydrogen) atoms. The number of anilines is 1. The Morgan fingerprint density at radius 2 is 1.77 bits per heavy atom. The summed E-state index contributed by atoms with van der Waals surface area (Å²) in [5.74, 6) is 7.29. The number of nitrogens with one attached hydrogen (secondary N) is 2. The van der Waals surface area contributed by atoms with Crippen molar-refractivity contribution in [3.05, 3.63) is 65.2 Å². The van der Waals surface area contributed by atoms with Gasteiger partial charge in [-0.1, -0.05) is 43.1 Å². The highest BCUT2D eigenvalue weighted by molar-refractivity contribution is 5.94. The maximum absolute atomic E-state index is 12.5. The number of nitrogens with zero attached hydrogens (tertiary/aromatic N) is 2. The Morgan fingerprint density at radius 3 is 2.40 bits per heavy atom. The summed E-state index contributed by atoms with van der Waals surface area (Å²) in [7, 11) is 0. The zero-order chi connectivity index (χ0) is 21.7. The molecule has 1 unspecified atom stereocenters. The van der Waals surface area contributed by atoms with Crippen LogP contribution in [0.25, 0.3) is 11.1 Å². The fraction of sp³-hybridized carbons (Fsp3) is 0.292. The minimum absolute atomic E-state index is 0.150. The van der Waals surface area contributed by atoms with E-state index in [2.05, 4.69) is 32.6 Å². The first-order valence-electron chi connectivity index (χ1n) is 9.93. The smallest absolute Gasteiger partial charge is 0.242 e. The van der Waals surface area contributed by atoms with E-state index in [-0.39, 0.29) is 18.0 Å². The second-order valence-electron chi connectivity index (χ2n) is 7.44. The van der Waals surface area contributed by atoms with Crippen LogP contribution < -0.4 is 10.6 Å². The first-order valence-corrected chi connectivity index (χ1v) is 9.93. The van der Waals surface area contributed by atoms with Crippen LogP contribution in [0.15, 0.2) is 47.0 Å². The molecule has 2 N–H and O–H groups in total. The van der Waals surface area contributed by atoms with Crippen LogP contribution in [-0.4, -0.2) is 28.1 Å². The molecule has 3 aromatic rings. The molecule has 1 atom stereocenters. The molecule has 2 aromatic heterocycles. The highest BCUT2D eigenvalue weighted by atomic mass is 16.5. The maximum atomic E-state index is 12.5. The van der Waals surface area contributed by atoms with Gasteiger partial charge in [-0.25, -0.2) is 4.98 Å². The fourth-order valence-corrected chi connectivity index (χ4v) is 3.16. The standard InChI is InChI=1S/C24H26N4O2/c1-15(2)25-17(4)24(29)27-22-14-12-20(23-16(3)28-30-18(23)5)21(26-22)13-11-19-9-7-6-8-10-19/h6-10,12,14-15,17,25H,1-5H3,(H,26,27,29). The van der Waals surface area contributed by atoms with Gasteiger partial charge < -0.3 is 15.2 Å². The molecule has 1 aromatic carbocycles. The van der Waals surface area contributed by atoms with Crippen molar-refractivity contribution in [2.75, 3.05) is 5.32 Å². The number of pyridine rings is 1. The number of aromatic nitrogens is 2. The lowest BCUT2D eigenvalue weighted by Crippen LogP contribution is -2.41. The third kappa shape index (κ3) is 5.13. The van der Waals surface area contributed by atoms with E-state index in [0.717, 1.165) is 22.4 Å². The Bertz CT molecular complexity index is 1070. The fourth-order valence-electron chi connectivity index (χ4n) is 3.16. The minimum Gasteiger partial charge on any atom is -0.361 e. The normalized spacial score (nSPS) is 11.7. The van der Waals surface area contributed by atoms with E-state index < -0.39 is 0 Å². The van der Waals surface area contributed by atoms with Crippen molar-refractivity contribution in [2.24, 2.45) is 0 Å². The summed E-state index contributed by atoms with van der Waals surface area (Å²) in [6, 6.07) is 13.2. The molecule has 0 aliphatic rings. The molecule has 1 amide bonds. The number of benzene rings is 1. The van der Waals surface area contributed by atoms with Gasteiger partial charge in [-0.05, 0) is 51.0 Å². The zero-order valence-electron chi connectivity index (χ0n) is 17.9. The van der Waals surface area contributed by atoms with Gasteiger partial charge in [0.2, 0.25) is 5.91 Å². The molecule has 6 nitrogen and oxygen atoms in total. The highest BCUT2D eigenvalue weighted by Crippen LogP contribution is 2.29. The Morgan fingerprint density at radius 1 is 1.03 bits per heavy atom. The number of rotatable bonds is 5. The monoisotopic (exact) mass is 402 g/mol. The number of carbonyl (C=O) groups is 1.